The Morgan fingerprint density at radius 3 is 2.55 bits per heavy atom. The highest BCUT2D eigenvalue weighted by molar-refractivity contribution is 6.09. The molecule has 0 radical (unpaired) electrons. The first-order valence-corrected chi connectivity index (χ1v) is 5.89. The van der Waals surface area contributed by atoms with Crippen LogP contribution in [0.5, 0.6) is 0 Å². The second kappa shape index (κ2) is 4.34. The van der Waals surface area contributed by atoms with E-state index in [1.807, 2.05) is 0 Å². The van der Waals surface area contributed by atoms with E-state index in [0.29, 0.717) is 11.0 Å². The summed E-state index contributed by atoms with van der Waals surface area (Å²) < 4.78 is 1.56. The van der Waals surface area contributed by atoms with Gasteiger partial charge in [0.15, 0.2) is 0 Å². The summed E-state index contributed by atoms with van der Waals surface area (Å²) in [5, 5.41) is 19.7. The van der Waals surface area contributed by atoms with Gasteiger partial charge in [-0.3, -0.25) is 9.78 Å². The van der Waals surface area contributed by atoms with E-state index in [9.17, 15) is 9.59 Å². The quantitative estimate of drug-likeness (QED) is 0.759. The molecule has 0 aliphatic rings. The van der Waals surface area contributed by atoms with Gasteiger partial charge in [-0.25, -0.2) is 4.79 Å². The molecule has 0 atom stereocenters. The molecule has 0 aliphatic heterocycles. The van der Waals surface area contributed by atoms with Gasteiger partial charge in [0.05, 0.1) is 22.8 Å². The second-order valence-corrected chi connectivity index (χ2v) is 4.41. The van der Waals surface area contributed by atoms with Crippen LogP contribution in [-0.2, 0) is 11.3 Å². The summed E-state index contributed by atoms with van der Waals surface area (Å²) in [6.07, 6.45) is 3.21. The fourth-order valence-corrected chi connectivity index (χ4v) is 2.38. The SMILES string of the molecule is O=C(O)Cn1c2cnccc2c2ccc(C(=O)O)cc21. The van der Waals surface area contributed by atoms with Gasteiger partial charge in [-0.05, 0) is 18.2 Å². The van der Waals surface area contributed by atoms with Crippen LogP contribution >= 0.6 is 0 Å². The van der Waals surface area contributed by atoms with Crippen LogP contribution in [0.4, 0.5) is 0 Å². The molecule has 0 bridgehead atoms. The largest absolute Gasteiger partial charge is 0.480 e. The zero-order chi connectivity index (χ0) is 14.3. The summed E-state index contributed by atoms with van der Waals surface area (Å²) in [4.78, 5) is 26.1. The lowest BCUT2D eigenvalue weighted by atomic mass is 10.1. The van der Waals surface area contributed by atoms with Crippen molar-refractivity contribution in [1.29, 1.82) is 0 Å². The number of carboxylic acids is 2. The molecule has 0 fully saturated rings. The van der Waals surface area contributed by atoms with E-state index in [1.54, 1.807) is 29.1 Å². The lowest BCUT2D eigenvalue weighted by molar-refractivity contribution is -0.137. The molecule has 0 aliphatic carbocycles. The highest BCUT2D eigenvalue weighted by atomic mass is 16.4. The van der Waals surface area contributed by atoms with Crippen molar-refractivity contribution in [2.75, 3.05) is 0 Å². The molecule has 0 spiro atoms. The molecular formula is C14H10N2O4. The number of hydrogen-bond donors (Lipinski definition) is 2. The Morgan fingerprint density at radius 2 is 1.85 bits per heavy atom. The van der Waals surface area contributed by atoms with Gasteiger partial charge >= 0.3 is 11.9 Å². The number of carboxylic acid groups (broad SMARTS) is 2. The maximum atomic E-state index is 11.1. The van der Waals surface area contributed by atoms with E-state index in [1.165, 1.54) is 12.1 Å². The summed E-state index contributed by atoms with van der Waals surface area (Å²) in [7, 11) is 0. The van der Waals surface area contributed by atoms with Gasteiger partial charge in [0, 0.05) is 17.0 Å². The summed E-state index contributed by atoms with van der Waals surface area (Å²) in [6.45, 7) is -0.241. The van der Waals surface area contributed by atoms with E-state index < -0.39 is 11.9 Å². The van der Waals surface area contributed by atoms with E-state index in [-0.39, 0.29) is 12.1 Å². The number of carbonyl (C=O) groups is 2. The van der Waals surface area contributed by atoms with Crippen molar-refractivity contribution >= 4 is 33.7 Å². The average Bonchev–Trinajstić information content (AvgIpc) is 2.73. The van der Waals surface area contributed by atoms with E-state index in [4.69, 9.17) is 10.2 Å². The van der Waals surface area contributed by atoms with Crippen molar-refractivity contribution in [3.63, 3.8) is 0 Å². The van der Waals surface area contributed by atoms with Gasteiger partial charge in [0.25, 0.3) is 0 Å². The van der Waals surface area contributed by atoms with Crippen LogP contribution in [0, 0.1) is 0 Å². The van der Waals surface area contributed by atoms with Gasteiger partial charge < -0.3 is 14.8 Å². The van der Waals surface area contributed by atoms with Gasteiger partial charge in [0.1, 0.15) is 6.54 Å². The molecule has 20 heavy (non-hydrogen) atoms. The van der Waals surface area contributed by atoms with Gasteiger partial charge in [0.2, 0.25) is 0 Å². The van der Waals surface area contributed by atoms with Crippen LogP contribution in [0.3, 0.4) is 0 Å². The van der Waals surface area contributed by atoms with Crippen molar-refractivity contribution in [2.24, 2.45) is 0 Å². The predicted octanol–water partition coefficient (Wildman–Crippen LogP) is 1.97. The van der Waals surface area contributed by atoms with Crippen LogP contribution in [0.25, 0.3) is 21.8 Å². The lowest BCUT2D eigenvalue weighted by Crippen LogP contribution is -2.08. The number of aromatic carboxylic acids is 1. The molecule has 0 saturated carbocycles. The highest BCUT2D eigenvalue weighted by Crippen LogP contribution is 2.29. The second-order valence-electron chi connectivity index (χ2n) is 4.41. The molecule has 100 valence electrons. The van der Waals surface area contributed by atoms with Gasteiger partial charge in [-0.1, -0.05) is 6.07 Å². The molecule has 3 rings (SSSR count). The minimum Gasteiger partial charge on any atom is -0.480 e. The Bertz CT molecular complexity index is 851. The zero-order valence-electron chi connectivity index (χ0n) is 10.3. The highest BCUT2D eigenvalue weighted by Gasteiger charge is 2.14. The molecule has 2 aromatic heterocycles. The fourth-order valence-electron chi connectivity index (χ4n) is 2.38. The normalized spacial score (nSPS) is 11.0. The van der Waals surface area contributed by atoms with Gasteiger partial charge in [-0.2, -0.15) is 0 Å². The Morgan fingerprint density at radius 1 is 1.10 bits per heavy atom. The van der Waals surface area contributed by atoms with Crippen LogP contribution in [0.2, 0.25) is 0 Å². The van der Waals surface area contributed by atoms with Crippen molar-refractivity contribution in [2.45, 2.75) is 6.54 Å². The zero-order valence-corrected chi connectivity index (χ0v) is 10.3. The molecule has 2 heterocycles. The number of rotatable bonds is 3. The first-order valence-electron chi connectivity index (χ1n) is 5.89. The molecule has 3 aromatic rings. The number of hydrogen-bond acceptors (Lipinski definition) is 3. The molecule has 6 nitrogen and oxygen atoms in total. The monoisotopic (exact) mass is 270 g/mol. The van der Waals surface area contributed by atoms with Crippen LogP contribution in [0.1, 0.15) is 10.4 Å². The maximum Gasteiger partial charge on any atom is 0.335 e. The average molecular weight is 270 g/mol. The summed E-state index contributed by atoms with van der Waals surface area (Å²) in [6, 6.07) is 6.48. The summed E-state index contributed by atoms with van der Waals surface area (Å²) in [5.41, 5.74) is 1.38. The number of nitrogens with zero attached hydrogens (tertiary/aromatic N) is 2. The van der Waals surface area contributed by atoms with Crippen LogP contribution < -0.4 is 0 Å². The molecule has 6 heteroatoms. The van der Waals surface area contributed by atoms with Crippen molar-refractivity contribution in [3.8, 4) is 0 Å². The number of pyridine rings is 1. The third-order valence-electron chi connectivity index (χ3n) is 3.21. The molecule has 1 aromatic carbocycles. The molecule has 0 saturated heterocycles. The van der Waals surface area contributed by atoms with Crippen molar-refractivity contribution in [3.05, 3.63) is 42.2 Å². The lowest BCUT2D eigenvalue weighted by Gasteiger charge is -2.03. The minimum absolute atomic E-state index is 0.125. The number of benzene rings is 1. The fraction of sp³-hybridized carbons (Fsp3) is 0.0714. The van der Waals surface area contributed by atoms with E-state index >= 15 is 0 Å². The van der Waals surface area contributed by atoms with Crippen molar-refractivity contribution < 1.29 is 19.8 Å². The van der Waals surface area contributed by atoms with Gasteiger partial charge in [-0.15, -0.1) is 0 Å². The Kier molecular flexibility index (Phi) is 2.64. The summed E-state index contributed by atoms with van der Waals surface area (Å²) in [5.74, 6) is -2.04. The topological polar surface area (TPSA) is 92.4 Å². The molecule has 0 unspecified atom stereocenters. The van der Waals surface area contributed by atoms with E-state index in [2.05, 4.69) is 4.98 Å². The first-order chi connectivity index (χ1) is 9.58. The Labute approximate surface area is 112 Å². The van der Waals surface area contributed by atoms with E-state index in [0.717, 1.165) is 10.8 Å². The summed E-state index contributed by atoms with van der Waals surface area (Å²) >= 11 is 0. The molecular weight excluding hydrogens is 260 g/mol. The predicted molar refractivity (Wildman–Crippen MR) is 71.8 cm³/mol. The third kappa shape index (κ3) is 1.78. The van der Waals surface area contributed by atoms with Crippen LogP contribution in [0.15, 0.2) is 36.7 Å². The number of aromatic nitrogens is 2. The van der Waals surface area contributed by atoms with Crippen LogP contribution in [-0.4, -0.2) is 31.7 Å². The Hall–Kier alpha value is -2.89. The smallest absolute Gasteiger partial charge is 0.335 e. The standard InChI is InChI=1S/C14H10N2O4/c17-13(18)7-16-11-5-8(14(19)20)1-2-9(11)10-3-4-15-6-12(10)16/h1-6H,7H2,(H,17,18)(H,19,20). The first kappa shape index (κ1) is 12.2. The molecule has 0 amide bonds. The molecule has 2 N–H and O–H groups in total. The van der Waals surface area contributed by atoms with Crippen molar-refractivity contribution in [1.82, 2.24) is 9.55 Å². The maximum absolute atomic E-state index is 11.1. The minimum atomic E-state index is -1.04. The Balaban J connectivity index is 2.41. The number of fused-ring (bicyclic) bond motifs is 3. The number of aliphatic carboxylic acids is 1. The third-order valence-corrected chi connectivity index (χ3v) is 3.21.